The van der Waals surface area contributed by atoms with E-state index >= 15 is 0 Å². The minimum Gasteiger partial charge on any atom is -0.434 e. The van der Waals surface area contributed by atoms with Crippen molar-refractivity contribution < 1.29 is 40.2 Å². The van der Waals surface area contributed by atoms with Gasteiger partial charge in [-0.25, -0.2) is 0 Å². The van der Waals surface area contributed by atoms with Gasteiger partial charge in [-0.3, -0.25) is 0 Å². The molecule has 1 aromatic carbocycles. The average molecular weight is 292 g/mol. The fourth-order valence-electron chi connectivity index (χ4n) is 1.26. The number of rotatable bonds is 4. The van der Waals surface area contributed by atoms with E-state index in [4.69, 9.17) is 0 Å². The van der Waals surface area contributed by atoms with Crippen LogP contribution in [0.1, 0.15) is 11.1 Å². The Bertz CT molecular complexity index is 411. The Morgan fingerprint density at radius 2 is 1.26 bits per heavy atom. The van der Waals surface area contributed by atoms with Gasteiger partial charge < -0.3 is 9.47 Å². The first-order valence-electron chi connectivity index (χ1n) is 4.72. The van der Waals surface area contributed by atoms with Crippen molar-refractivity contribution in [1.29, 1.82) is 0 Å². The molecule has 19 heavy (non-hydrogen) atoms. The Morgan fingerprint density at radius 1 is 0.895 bits per heavy atom. The van der Waals surface area contributed by atoms with E-state index in [-0.39, 0.29) is 5.56 Å². The van der Waals surface area contributed by atoms with Crippen molar-refractivity contribution in [3.63, 3.8) is 0 Å². The lowest BCUT2D eigenvalue weighted by atomic mass is 10.1. The smallest absolute Gasteiger partial charge is 0.416 e. The summed E-state index contributed by atoms with van der Waals surface area (Å²) in [4.78, 5) is 0. The quantitative estimate of drug-likeness (QED) is 0.774. The highest BCUT2D eigenvalue weighted by Gasteiger charge is 2.33. The van der Waals surface area contributed by atoms with Crippen molar-refractivity contribution >= 4 is 0 Å². The minimum absolute atomic E-state index is 0.291. The molecule has 2 nitrogen and oxygen atoms in total. The van der Waals surface area contributed by atoms with Gasteiger partial charge in [0.25, 0.3) is 0 Å². The fourth-order valence-corrected chi connectivity index (χ4v) is 1.26. The van der Waals surface area contributed by atoms with Gasteiger partial charge in [0.05, 0.1) is 5.56 Å². The van der Waals surface area contributed by atoms with Crippen molar-refractivity contribution in [3.8, 4) is 11.5 Å². The van der Waals surface area contributed by atoms with E-state index in [0.717, 1.165) is 6.92 Å². The van der Waals surface area contributed by atoms with Crippen LogP contribution < -0.4 is 9.47 Å². The second kappa shape index (κ2) is 5.54. The lowest BCUT2D eigenvalue weighted by Crippen LogP contribution is -2.11. The van der Waals surface area contributed by atoms with Gasteiger partial charge in [-0.05, 0) is 19.1 Å². The molecule has 0 spiro atoms. The highest BCUT2D eigenvalue weighted by atomic mass is 19.4. The van der Waals surface area contributed by atoms with Gasteiger partial charge in [0.15, 0.2) is 0 Å². The topological polar surface area (TPSA) is 18.5 Å². The third-order valence-electron chi connectivity index (χ3n) is 2.07. The molecule has 0 aliphatic rings. The first kappa shape index (κ1) is 15.4. The van der Waals surface area contributed by atoms with Crippen LogP contribution in [0.3, 0.4) is 0 Å². The predicted octanol–water partition coefficient (Wildman–Crippen LogP) is 4.22. The van der Waals surface area contributed by atoms with Gasteiger partial charge in [-0.15, -0.1) is 0 Å². The van der Waals surface area contributed by atoms with Crippen molar-refractivity contribution in [2.45, 2.75) is 26.3 Å². The van der Waals surface area contributed by atoms with E-state index < -0.39 is 36.5 Å². The van der Waals surface area contributed by atoms with Crippen molar-refractivity contribution in [1.82, 2.24) is 0 Å². The fraction of sp³-hybridized carbons (Fsp3) is 0.400. The zero-order valence-corrected chi connectivity index (χ0v) is 9.27. The summed E-state index contributed by atoms with van der Waals surface area (Å²) in [5.74, 6) is -1.75. The van der Waals surface area contributed by atoms with Gasteiger partial charge in [0.1, 0.15) is 11.5 Å². The summed E-state index contributed by atoms with van der Waals surface area (Å²) in [5, 5.41) is 0. The third-order valence-corrected chi connectivity index (χ3v) is 2.07. The summed E-state index contributed by atoms with van der Waals surface area (Å²) in [6, 6.07) is 0.583. The highest BCUT2D eigenvalue weighted by molar-refractivity contribution is 5.48. The van der Waals surface area contributed by atoms with Gasteiger partial charge in [-0.1, -0.05) is 0 Å². The molecule has 0 fully saturated rings. The summed E-state index contributed by atoms with van der Waals surface area (Å²) < 4.78 is 93.2. The van der Waals surface area contributed by atoms with Crippen LogP contribution in [0.2, 0.25) is 0 Å². The Morgan fingerprint density at radius 3 is 1.53 bits per heavy atom. The normalized spacial score (nSPS) is 12.1. The van der Waals surface area contributed by atoms with Gasteiger partial charge in [-0.2, -0.15) is 30.7 Å². The van der Waals surface area contributed by atoms with Crippen LogP contribution in [-0.4, -0.2) is 13.2 Å². The highest BCUT2D eigenvalue weighted by Crippen LogP contribution is 2.38. The summed E-state index contributed by atoms with van der Waals surface area (Å²) >= 11 is 0. The Hall–Kier alpha value is -1.67. The summed E-state index contributed by atoms with van der Waals surface area (Å²) in [6.45, 7) is -5.75. The maximum Gasteiger partial charge on any atom is 0.416 e. The zero-order chi connectivity index (χ0) is 14.8. The van der Waals surface area contributed by atoms with Crippen LogP contribution >= 0.6 is 0 Å². The molecular formula is C10H7F7O2. The molecule has 0 bridgehead atoms. The maximum absolute atomic E-state index is 12.5. The second-order valence-corrected chi connectivity index (χ2v) is 3.35. The number of benzene rings is 1. The van der Waals surface area contributed by atoms with Crippen molar-refractivity contribution in [2.75, 3.05) is 0 Å². The molecule has 9 heteroatoms. The van der Waals surface area contributed by atoms with Crippen LogP contribution in [0.4, 0.5) is 30.7 Å². The molecule has 0 atom stereocenters. The Balaban J connectivity index is 3.29. The summed E-state index contributed by atoms with van der Waals surface area (Å²) in [7, 11) is 0. The summed E-state index contributed by atoms with van der Waals surface area (Å²) in [6.07, 6.45) is -4.91. The van der Waals surface area contributed by atoms with Crippen LogP contribution in [0.25, 0.3) is 0 Å². The van der Waals surface area contributed by atoms with Crippen LogP contribution in [-0.2, 0) is 6.18 Å². The Kier molecular flexibility index (Phi) is 4.48. The molecule has 1 aromatic rings. The largest absolute Gasteiger partial charge is 0.434 e. The summed E-state index contributed by atoms with van der Waals surface area (Å²) in [5.41, 5.74) is -1.81. The second-order valence-electron chi connectivity index (χ2n) is 3.35. The number of alkyl halides is 7. The van der Waals surface area contributed by atoms with Crippen LogP contribution in [0, 0.1) is 6.92 Å². The lowest BCUT2D eigenvalue weighted by molar-refractivity contribution is -0.138. The average Bonchev–Trinajstić information content (AvgIpc) is 2.20. The van der Waals surface area contributed by atoms with E-state index in [1.54, 1.807) is 0 Å². The van der Waals surface area contributed by atoms with E-state index in [9.17, 15) is 30.7 Å². The van der Waals surface area contributed by atoms with Crippen LogP contribution in [0.5, 0.6) is 11.5 Å². The zero-order valence-electron chi connectivity index (χ0n) is 9.27. The maximum atomic E-state index is 12.5. The standard InChI is InChI=1S/C10H7F7O2/c1-4-6(18-8(11)12)2-5(10(15,16)17)3-7(4)19-9(13)14/h2-3,8-9H,1H3. The van der Waals surface area contributed by atoms with E-state index in [2.05, 4.69) is 9.47 Å². The van der Waals surface area contributed by atoms with Crippen molar-refractivity contribution in [2.24, 2.45) is 0 Å². The van der Waals surface area contributed by atoms with E-state index in [1.165, 1.54) is 0 Å². The molecule has 108 valence electrons. The predicted molar refractivity (Wildman–Crippen MR) is 49.4 cm³/mol. The molecule has 0 saturated heterocycles. The molecule has 0 amide bonds. The van der Waals surface area contributed by atoms with Gasteiger partial charge >= 0.3 is 19.4 Å². The SMILES string of the molecule is Cc1c(OC(F)F)cc(C(F)(F)F)cc1OC(F)F. The van der Waals surface area contributed by atoms with E-state index in [1.807, 2.05) is 0 Å². The molecule has 1 rings (SSSR count). The molecule has 0 aliphatic carbocycles. The molecule has 0 saturated carbocycles. The van der Waals surface area contributed by atoms with Crippen LogP contribution in [0.15, 0.2) is 12.1 Å². The van der Waals surface area contributed by atoms with Gasteiger partial charge in [0, 0.05) is 5.56 Å². The number of hydrogen-bond acceptors (Lipinski definition) is 2. The lowest BCUT2D eigenvalue weighted by Gasteiger charge is -2.16. The first-order chi connectivity index (χ1) is 8.61. The first-order valence-corrected chi connectivity index (χ1v) is 4.72. The van der Waals surface area contributed by atoms with E-state index in [0.29, 0.717) is 12.1 Å². The monoisotopic (exact) mass is 292 g/mol. The number of ether oxygens (including phenoxy) is 2. The molecular weight excluding hydrogens is 285 g/mol. The van der Waals surface area contributed by atoms with Crippen molar-refractivity contribution in [3.05, 3.63) is 23.3 Å². The molecule has 0 heterocycles. The molecule has 0 aliphatic heterocycles. The Labute approximate surface area is 102 Å². The number of hydrogen-bond donors (Lipinski definition) is 0. The third kappa shape index (κ3) is 4.18. The molecule has 0 radical (unpaired) electrons. The molecule has 0 N–H and O–H groups in total. The minimum atomic E-state index is -4.91. The molecule has 0 aromatic heterocycles. The number of halogens is 7. The molecule has 0 unspecified atom stereocenters. The van der Waals surface area contributed by atoms with Gasteiger partial charge in [0.2, 0.25) is 0 Å².